The maximum Gasteiger partial charge on any atom is 0.309 e. The monoisotopic (exact) mass is 242 g/mol. The Labute approximate surface area is 104 Å². The van der Waals surface area contributed by atoms with Crippen molar-refractivity contribution in [1.29, 1.82) is 0 Å². The third-order valence-corrected chi connectivity index (χ3v) is 3.28. The van der Waals surface area contributed by atoms with E-state index in [0.717, 1.165) is 5.06 Å². The molecule has 1 fully saturated rings. The van der Waals surface area contributed by atoms with Crippen LogP contribution in [0, 0.1) is 5.92 Å². The zero-order valence-corrected chi connectivity index (χ0v) is 11.7. The van der Waals surface area contributed by atoms with Crippen molar-refractivity contribution in [3.05, 3.63) is 0 Å². The molecule has 1 heterocycles. The van der Waals surface area contributed by atoms with Gasteiger partial charge in [-0.15, -0.1) is 10.3 Å². The molecule has 17 heavy (non-hydrogen) atoms. The average molecular weight is 242 g/mol. The fourth-order valence-electron chi connectivity index (χ4n) is 2.76. The minimum Gasteiger partial charge on any atom is -0.463 e. The average Bonchev–Trinajstić information content (AvgIpc) is 2.11. The molecule has 99 valence electrons. The molecule has 0 bridgehead atoms. The molecule has 1 rings (SSSR count). The summed E-state index contributed by atoms with van der Waals surface area (Å²) < 4.78 is 5.25. The van der Waals surface area contributed by atoms with Gasteiger partial charge >= 0.3 is 5.97 Å². The van der Waals surface area contributed by atoms with Gasteiger partial charge in [0.25, 0.3) is 0 Å². The number of nitrogens with zero attached hydrogens (tertiary/aromatic N) is 1. The van der Waals surface area contributed by atoms with Crippen molar-refractivity contribution in [3.63, 3.8) is 0 Å². The Hall–Kier alpha value is -0.610. The van der Waals surface area contributed by atoms with Gasteiger partial charge in [-0.05, 0) is 54.4 Å². The van der Waals surface area contributed by atoms with Crippen LogP contribution < -0.4 is 0 Å². The molecule has 1 aliphatic rings. The fraction of sp³-hybridized carbons (Fsp3) is 0.923. The SMILES string of the molecule is CC(C)OC(=O)C1CC(C)(C)N([O])C(C)(C)C1. The number of rotatable bonds is 2. The first-order valence-electron chi connectivity index (χ1n) is 6.24. The van der Waals surface area contributed by atoms with E-state index in [1.807, 2.05) is 41.5 Å². The molecule has 1 radical (unpaired) electrons. The Balaban J connectivity index is 2.81. The number of carbonyl (C=O) groups is 1. The van der Waals surface area contributed by atoms with E-state index in [0.29, 0.717) is 12.8 Å². The Morgan fingerprint density at radius 1 is 1.18 bits per heavy atom. The third-order valence-electron chi connectivity index (χ3n) is 3.28. The van der Waals surface area contributed by atoms with Crippen molar-refractivity contribution >= 4 is 5.97 Å². The van der Waals surface area contributed by atoms with Crippen molar-refractivity contribution in [2.45, 2.75) is 71.6 Å². The molecule has 4 nitrogen and oxygen atoms in total. The minimum absolute atomic E-state index is 0.0981. The Kier molecular flexibility index (Phi) is 3.89. The predicted octanol–water partition coefficient (Wildman–Crippen LogP) is 2.55. The van der Waals surface area contributed by atoms with Crippen molar-refractivity contribution in [2.75, 3.05) is 0 Å². The molecule has 0 N–H and O–H groups in total. The number of esters is 1. The number of hydrogen-bond acceptors (Lipinski definition) is 3. The minimum atomic E-state index is -0.511. The number of piperidine rings is 1. The fourth-order valence-corrected chi connectivity index (χ4v) is 2.76. The second-order valence-electron chi connectivity index (χ2n) is 6.51. The summed E-state index contributed by atoms with van der Waals surface area (Å²) in [5.41, 5.74) is -1.02. The summed E-state index contributed by atoms with van der Waals surface area (Å²) in [5, 5.41) is 13.2. The Morgan fingerprint density at radius 3 is 1.94 bits per heavy atom. The van der Waals surface area contributed by atoms with Gasteiger partial charge in [0.2, 0.25) is 0 Å². The van der Waals surface area contributed by atoms with Crippen molar-refractivity contribution in [2.24, 2.45) is 5.92 Å². The van der Waals surface area contributed by atoms with E-state index < -0.39 is 11.1 Å². The van der Waals surface area contributed by atoms with Crippen LogP contribution >= 0.6 is 0 Å². The molecule has 0 aromatic rings. The highest BCUT2D eigenvalue weighted by atomic mass is 16.5. The van der Waals surface area contributed by atoms with Gasteiger partial charge < -0.3 is 4.74 Å². The first-order chi connectivity index (χ1) is 7.56. The molecule has 1 saturated heterocycles. The Bertz CT molecular complexity index is 279. The molecule has 0 spiro atoms. The van der Waals surface area contributed by atoms with Gasteiger partial charge in [0.1, 0.15) is 0 Å². The van der Waals surface area contributed by atoms with Crippen molar-refractivity contribution in [1.82, 2.24) is 5.06 Å². The predicted molar refractivity (Wildman–Crippen MR) is 64.6 cm³/mol. The smallest absolute Gasteiger partial charge is 0.309 e. The van der Waals surface area contributed by atoms with E-state index in [1.54, 1.807) is 0 Å². The topological polar surface area (TPSA) is 49.4 Å². The molecule has 0 aromatic carbocycles. The maximum absolute atomic E-state index is 12.1. The highest BCUT2D eigenvalue weighted by Crippen LogP contribution is 2.40. The Morgan fingerprint density at radius 2 is 1.59 bits per heavy atom. The summed E-state index contributed by atoms with van der Waals surface area (Å²) >= 11 is 0. The van der Waals surface area contributed by atoms with Crippen LogP contribution in [0.15, 0.2) is 0 Å². The number of hydrogen-bond donors (Lipinski definition) is 0. The third kappa shape index (κ3) is 3.19. The lowest BCUT2D eigenvalue weighted by molar-refractivity contribution is -0.293. The molecule has 0 amide bonds. The first-order valence-corrected chi connectivity index (χ1v) is 6.24. The maximum atomic E-state index is 12.1. The first kappa shape index (κ1) is 14.5. The van der Waals surface area contributed by atoms with E-state index in [2.05, 4.69) is 0 Å². The largest absolute Gasteiger partial charge is 0.463 e. The lowest BCUT2D eigenvalue weighted by Crippen LogP contribution is -2.59. The molecule has 0 unspecified atom stereocenters. The van der Waals surface area contributed by atoms with Crippen LogP contribution in [0.4, 0.5) is 0 Å². The molecule has 0 aliphatic carbocycles. The van der Waals surface area contributed by atoms with Gasteiger partial charge in [0.05, 0.1) is 12.0 Å². The van der Waals surface area contributed by atoms with Gasteiger partial charge in [-0.25, -0.2) is 0 Å². The second-order valence-corrected chi connectivity index (χ2v) is 6.51. The standard InChI is InChI=1S/C13H24NO3/c1-9(2)17-11(15)10-7-12(3,4)14(16)13(5,6)8-10/h9-10H,7-8H2,1-6H3. The van der Waals surface area contributed by atoms with E-state index >= 15 is 0 Å². The van der Waals surface area contributed by atoms with Gasteiger partial charge in [0.15, 0.2) is 0 Å². The highest BCUT2D eigenvalue weighted by Gasteiger charge is 2.48. The molecule has 0 saturated carbocycles. The van der Waals surface area contributed by atoms with E-state index in [9.17, 15) is 10.0 Å². The molecule has 4 heteroatoms. The van der Waals surface area contributed by atoms with Gasteiger partial charge in [-0.1, -0.05) is 0 Å². The van der Waals surface area contributed by atoms with E-state index in [1.165, 1.54) is 0 Å². The lowest BCUT2D eigenvalue weighted by Gasteiger charge is -2.49. The summed E-state index contributed by atoms with van der Waals surface area (Å²) in [6.45, 7) is 11.2. The molecule has 1 aliphatic heterocycles. The number of carbonyl (C=O) groups excluding carboxylic acids is 1. The second kappa shape index (κ2) is 4.58. The normalized spacial score (nSPS) is 24.9. The van der Waals surface area contributed by atoms with Gasteiger partial charge in [-0.2, -0.15) is 0 Å². The quantitative estimate of drug-likeness (QED) is 0.699. The van der Waals surface area contributed by atoms with Crippen LogP contribution in [0.5, 0.6) is 0 Å². The lowest BCUT2D eigenvalue weighted by atomic mass is 9.75. The summed E-state index contributed by atoms with van der Waals surface area (Å²) in [5.74, 6) is -0.346. The van der Waals surface area contributed by atoms with E-state index in [4.69, 9.17) is 4.74 Å². The van der Waals surface area contributed by atoms with Crippen LogP contribution in [0.3, 0.4) is 0 Å². The van der Waals surface area contributed by atoms with Crippen LogP contribution in [0.1, 0.15) is 54.4 Å². The van der Waals surface area contributed by atoms with Crippen LogP contribution in [0.25, 0.3) is 0 Å². The van der Waals surface area contributed by atoms with Crippen LogP contribution in [-0.4, -0.2) is 28.2 Å². The van der Waals surface area contributed by atoms with Crippen molar-refractivity contribution in [3.8, 4) is 0 Å². The van der Waals surface area contributed by atoms with E-state index in [-0.39, 0.29) is 18.0 Å². The summed E-state index contributed by atoms with van der Waals surface area (Å²) in [4.78, 5) is 11.9. The summed E-state index contributed by atoms with van der Waals surface area (Å²) in [6.07, 6.45) is 1.02. The highest BCUT2D eigenvalue weighted by molar-refractivity contribution is 5.73. The van der Waals surface area contributed by atoms with Crippen LogP contribution in [0.2, 0.25) is 0 Å². The molecular weight excluding hydrogens is 218 g/mol. The van der Waals surface area contributed by atoms with Gasteiger partial charge in [0, 0.05) is 11.1 Å². The molecular formula is C13H24NO3. The molecule has 0 atom stereocenters. The molecule has 0 aromatic heterocycles. The number of hydroxylamine groups is 2. The zero-order valence-electron chi connectivity index (χ0n) is 11.7. The van der Waals surface area contributed by atoms with Crippen molar-refractivity contribution < 1.29 is 14.7 Å². The summed E-state index contributed by atoms with van der Waals surface area (Å²) in [7, 11) is 0. The van der Waals surface area contributed by atoms with Gasteiger partial charge in [-0.3, -0.25) is 4.79 Å². The zero-order chi connectivity index (χ0) is 13.4. The van der Waals surface area contributed by atoms with Crippen LogP contribution in [-0.2, 0) is 14.7 Å². The summed E-state index contributed by atoms with van der Waals surface area (Å²) in [6, 6.07) is 0. The number of ether oxygens (including phenoxy) is 1.